The third-order valence-electron chi connectivity index (χ3n) is 4.39. The van der Waals surface area contributed by atoms with Gasteiger partial charge in [0, 0.05) is 13.1 Å². The van der Waals surface area contributed by atoms with E-state index in [0.717, 1.165) is 6.54 Å². The lowest BCUT2D eigenvalue weighted by molar-refractivity contribution is 0.251. The molecule has 0 spiro atoms. The molecule has 0 saturated heterocycles. The average molecular weight is 260 g/mol. The zero-order chi connectivity index (χ0) is 13.7. The molecule has 2 heteroatoms. The predicted molar refractivity (Wildman–Crippen MR) is 82.4 cm³/mol. The highest BCUT2D eigenvalue weighted by Gasteiger charge is 2.17. The molecule has 1 aromatic carbocycles. The van der Waals surface area contributed by atoms with Crippen LogP contribution in [0.1, 0.15) is 37.8 Å². The summed E-state index contributed by atoms with van der Waals surface area (Å²) in [6, 6.07) is 8.91. The largest absolute Gasteiger partial charge is 0.330 e. The van der Waals surface area contributed by atoms with E-state index in [-0.39, 0.29) is 0 Å². The van der Waals surface area contributed by atoms with Crippen molar-refractivity contribution < 1.29 is 0 Å². The van der Waals surface area contributed by atoms with Crippen LogP contribution in [0.2, 0.25) is 0 Å². The van der Waals surface area contributed by atoms with Gasteiger partial charge in [-0.2, -0.15) is 0 Å². The van der Waals surface area contributed by atoms with Crippen molar-refractivity contribution in [1.82, 2.24) is 4.90 Å². The van der Waals surface area contributed by atoms with Crippen molar-refractivity contribution in [3.63, 3.8) is 0 Å². The third kappa shape index (κ3) is 4.32. The van der Waals surface area contributed by atoms with Crippen LogP contribution in [0.5, 0.6) is 0 Å². The fourth-order valence-electron chi connectivity index (χ4n) is 2.82. The van der Waals surface area contributed by atoms with Crippen LogP contribution in [0, 0.1) is 5.41 Å². The number of hydrogen-bond donors (Lipinski definition) is 1. The van der Waals surface area contributed by atoms with Crippen molar-refractivity contribution in [1.29, 1.82) is 0 Å². The van der Waals surface area contributed by atoms with E-state index in [1.54, 1.807) is 11.1 Å². The highest BCUT2D eigenvalue weighted by atomic mass is 15.1. The Morgan fingerprint density at radius 3 is 2.21 bits per heavy atom. The molecule has 2 nitrogen and oxygen atoms in total. The standard InChI is InChI=1S/C17H28N2/c1-17(2,14-18)10-5-11-19-12-8-15-6-3-4-7-16(15)9-13-19/h3-4,6-7H,5,8-14,18H2,1-2H3. The van der Waals surface area contributed by atoms with E-state index in [2.05, 4.69) is 43.0 Å². The molecule has 2 rings (SSSR count). The monoisotopic (exact) mass is 260 g/mol. The Morgan fingerprint density at radius 1 is 1.11 bits per heavy atom. The van der Waals surface area contributed by atoms with Gasteiger partial charge in [0.05, 0.1) is 0 Å². The highest BCUT2D eigenvalue weighted by Crippen LogP contribution is 2.21. The fourth-order valence-corrected chi connectivity index (χ4v) is 2.82. The van der Waals surface area contributed by atoms with Crippen molar-refractivity contribution in [2.24, 2.45) is 11.1 Å². The van der Waals surface area contributed by atoms with Gasteiger partial charge in [-0.05, 0) is 55.3 Å². The van der Waals surface area contributed by atoms with Crippen LogP contribution in [0.3, 0.4) is 0 Å². The van der Waals surface area contributed by atoms with Gasteiger partial charge in [-0.3, -0.25) is 0 Å². The highest BCUT2D eigenvalue weighted by molar-refractivity contribution is 5.28. The van der Waals surface area contributed by atoms with Gasteiger partial charge < -0.3 is 10.6 Å². The Morgan fingerprint density at radius 2 is 1.68 bits per heavy atom. The number of rotatable bonds is 5. The lowest BCUT2D eigenvalue weighted by Crippen LogP contribution is -2.30. The molecule has 0 bridgehead atoms. The third-order valence-corrected chi connectivity index (χ3v) is 4.39. The van der Waals surface area contributed by atoms with Gasteiger partial charge in [0.2, 0.25) is 0 Å². The van der Waals surface area contributed by atoms with Gasteiger partial charge in [-0.1, -0.05) is 38.1 Å². The Labute approximate surface area is 118 Å². The molecule has 1 aliphatic heterocycles. The normalized spacial score (nSPS) is 17.0. The van der Waals surface area contributed by atoms with Crippen LogP contribution >= 0.6 is 0 Å². The molecular formula is C17H28N2. The Bertz CT molecular complexity index is 371. The molecule has 1 aromatic rings. The first-order valence-electron chi connectivity index (χ1n) is 7.60. The molecule has 1 aliphatic rings. The summed E-state index contributed by atoms with van der Waals surface area (Å²) in [6.07, 6.45) is 4.90. The molecular weight excluding hydrogens is 232 g/mol. The maximum absolute atomic E-state index is 5.79. The molecule has 0 atom stereocenters. The number of fused-ring (bicyclic) bond motifs is 1. The summed E-state index contributed by atoms with van der Waals surface area (Å²) in [5, 5.41) is 0. The lowest BCUT2D eigenvalue weighted by atomic mass is 9.88. The van der Waals surface area contributed by atoms with Crippen LogP contribution in [-0.4, -0.2) is 31.1 Å². The Kier molecular flexibility index (Phi) is 5.00. The minimum Gasteiger partial charge on any atom is -0.330 e. The summed E-state index contributed by atoms with van der Waals surface area (Å²) >= 11 is 0. The summed E-state index contributed by atoms with van der Waals surface area (Å²) < 4.78 is 0. The maximum Gasteiger partial charge on any atom is 0.00221 e. The van der Waals surface area contributed by atoms with Gasteiger partial charge in [0.25, 0.3) is 0 Å². The zero-order valence-corrected chi connectivity index (χ0v) is 12.5. The minimum atomic E-state index is 0.300. The first kappa shape index (κ1) is 14.5. The molecule has 2 N–H and O–H groups in total. The van der Waals surface area contributed by atoms with Crippen LogP contribution < -0.4 is 5.73 Å². The Balaban J connectivity index is 1.79. The molecule has 0 fully saturated rings. The summed E-state index contributed by atoms with van der Waals surface area (Å²) in [4.78, 5) is 2.62. The molecule has 106 valence electrons. The first-order valence-corrected chi connectivity index (χ1v) is 7.60. The van der Waals surface area contributed by atoms with E-state index >= 15 is 0 Å². The SMILES string of the molecule is CC(C)(CN)CCCN1CCc2ccccc2CC1. The van der Waals surface area contributed by atoms with Crippen LogP contribution in [-0.2, 0) is 12.8 Å². The second kappa shape index (κ2) is 6.53. The van der Waals surface area contributed by atoms with Gasteiger partial charge in [0.15, 0.2) is 0 Å². The molecule has 19 heavy (non-hydrogen) atoms. The Hall–Kier alpha value is -0.860. The minimum absolute atomic E-state index is 0.300. The van der Waals surface area contributed by atoms with Crippen LogP contribution in [0.4, 0.5) is 0 Å². The van der Waals surface area contributed by atoms with Crippen LogP contribution in [0.25, 0.3) is 0 Å². The number of nitrogens with two attached hydrogens (primary N) is 1. The van der Waals surface area contributed by atoms with E-state index in [9.17, 15) is 0 Å². The van der Waals surface area contributed by atoms with Gasteiger partial charge in [-0.25, -0.2) is 0 Å². The molecule has 0 aromatic heterocycles. The summed E-state index contributed by atoms with van der Waals surface area (Å²) in [6.45, 7) is 8.96. The van der Waals surface area contributed by atoms with Crippen LogP contribution in [0.15, 0.2) is 24.3 Å². The van der Waals surface area contributed by atoms with E-state index in [4.69, 9.17) is 5.73 Å². The second-order valence-electron chi connectivity index (χ2n) is 6.58. The fraction of sp³-hybridized carbons (Fsp3) is 0.647. The topological polar surface area (TPSA) is 29.3 Å². The van der Waals surface area contributed by atoms with Gasteiger partial charge in [-0.15, -0.1) is 0 Å². The van der Waals surface area contributed by atoms with Gasteiger partial charge >= 0.3 is 0 Å². The molecule has 1 heterocycles. The lowest BCUT2D eigenvalue weighted by Gasteiger charge is -2.25. The van der Waals surface area contributed by atoms with Crippen molar-refractivity contribution in [3.8, 4) is 0 Å². The van der Waals surface area contributed by atoms with E-state index in [0.29, 0.717) is 5.41 Å². The summed E-state index contributed by atoms with van der Waals surface area (Å²) in [7, 11) is 0. The van der Waals surface area contributed by atoms with Crippen molar-refractivity contribution in [2.75, 3.05) is 26.2 Å². The molecule has 0 saturated carbocycles. The first-order chi connectivity index (χ1) is 9.11. The summed E-state index contributed by atoms with van der Waals surface area (Å²) in [5.41, 5.74) is 9.19. The van der Waals surface area contributed by atoms with E-state index in [1.807, 2.05) is 0 Å². The summed E-state index contributed by atoms with van der Waals surface area (Å²) in [5.74, 6) is 0. The van der Waals surface area contributed by atoms with Crippen molar-refractivity contribution >= 4 is 0 Å². The second-order valence-corrected chi connectivity index (χ2v) is 6.58. The molecule has 0 unspecified atom stereocenters. The van der Waals surface area contributed by atoms with E-state index in [1.165, 1.54) is 45.3 Å². The van der Waals surface area contributed by atoms with Crippen molar-refractivity contribution in [2.45, 2.75) is 39.5 Å². The smallest absolute Gasteiger partial charge is 0.00221 e. The predicted octanol–water partition coefficient (Wildman–Crippen LogP) is 2.85. The molecule has 0 amide bonds. The molecule has 0 aliphatic carbocycles. The number of benzene rings is 1. The van der Waals surface area contributed by atoms with Crippen molar-refractivity contribution in [3.05, 3.63) is 35.4 Å². The number of nitrogens with zero attached hydrogens (tertiary/aromatic N) is 1. The quantitative estimate of drug-likeness (QED) is 0.882. The maximum atomic E-state index is 5.79. The van der Waals surface area contributed by atoms with E-state index < -0.39 is 0 Å². The zero-order valence-electron chi connectivity index (χ0n) is 12.5. The number of hydrogen-bond acceptors (Lipinski definition) is 2. The average Bonchev–Trinajstić information content (AvgIpc) is 2.62. The van der Waals surface area contributed by atoms with Gasteiger partial charge in [0.1, 0.15) is 0 Å². The molecule has 0 radical (unpaired) electrons.